The number of fused-ring (bicyclic) bond motifs is 2. The van der Waals surface area contributed by atoms with Gasteiger partial charge < -0.3 is 14.8 Å². The van der Waals surface area contributed by atoms with E-state index in [2.05, 4.69) is 20.4 Å². The number of H-pyrrole nitrogens is 1. The van der Waals surface area contributed by atoms with Gasteiger partial charge in [0.1, 0.15) is 0 Å². The molecular weight excluding hydrogens is 406 g/mol. The summed E-state index contributed by atoms with van der Waals surface area (Å²) < 4.78 is 12.2. The molecule has 5 rings (SSSR count). The van der Waals surface area contributed by atoms with Gasteiger partial charge in [-0.1, -0.05) is 30.0 Å². The van der Waals surface area contributed by atoms with Crippen LogP contribution in [0.4, 0.5) is 5.69 Å². The van der Waals surface area contributed by atoms with E-state index in [1.165, 1.54) is 22.3 Å². The third-order valence-corrected chi connectivity index (χ3v) is 5.28. The molecule has 2 N–H and O–H groups in total. The Labute approximate surface area is 174 Å². The van der Waals surface area contributed by atoms with Gasteiger partial charge in [0.2, 0.25) is 12.7 Å². The van der Waals surface area contributed by atoms with E-state index in [-0.39, 0.29) is 24.0 Å². The number of ether oxygens (including phenoxy) is 2. The zero-order valence-electron chi connectivity index (χ0n) is 15.5. The quantitative estimate of drug-likeness (QED) is 0.477. The summed E-state index contributed by atoms with van der Waals surface area (Å²) in [5.74, 6) is 1.61. The van der Waals surface area contributed by atoms with E-state index in [0.29, 0.717) is 39.4 Å². The molecule has 150 valence electrons. The van der Waals surface area contributed by atoms with Crippen molar-refractivity contribution >= 4 is 29.0 Å². The predicted octanol–water partition coefficient (Wildman–Crippen LogP) is 2.54. The minimum atomic E-state index is -0.303. The number of rotatable bonds is 5. The van der Waals surface area contributed by atoms with Crippen LogP contribution in [0.2, 0.25) is 0 Å². The molecule has 0 unspecified atom stereocenters. The highest BCUT2D eigenvalue weighted by atomic mass is 32.2. The molecule has 4 aromatic rings. The predicted molar refractivity (Wildman–Crippen MR) is 111 cm³/mol. The maximum absolute atomic E-state index is 12.3. The fourth-order valence-electron chi connectivity index (χ4n) is 2.99. The number of carbonyl (C=O) groups is 1. The molecule has 10 heteroatoms. The number of hydrogen-bond acceptors (Lipinski definition) is 7. The monoisotopic (exact) mass is 421 g/mol. The number of benzene rings is 2. The van der Waals surface area contributed by atoms with Crippen molar-refractivity contribution in [3.63, 3.8) is 0 Å². The molecule has 3 heterocycles. The minimum Gasteiger partial charge on any atom is -0.454 e. The summed E-state index contributed by atoms with van der Waals surface area (Å²) in [4.78, 5) is 33.2. The van der Waals surface area contributed by atoms with Crippen molar-refractivity contribution in [2.45, 2.75) is 5.16 Å². The van der Waals surface area contributed by atoms with Gasteiger partial charge in [0.25, 0.3) is 5.56 Å². The van der Waals surface area contributed by atoms with Crippen LogP contribution in [-0.2, 0) is 4.79 Å². The smallest absolute Gasteiger partial charge is 0.266 e. The standard InChI is InChI=1S/C20H15N5O4S/c26-17-9-16-22-19(12-6-7-14-15(8-12)29-11-28-14)23-20(25(16)24-17)30-10-18(27)21-13-4-2-1-3-5-13/h1-9H,10-11H2,(H,21,27)(H,24,26). The fraction of sp³-hybridized carbons (Fsp3) is 0.100. The lowest BCUT2D eigenvalue weighted by Crippen LogP contribution is -2.15. The highest BCUT2D eigenvalue weighted by Crippen LogP contribution is 2.35. The lowest BCUT2D eigenvalue weighted by atomic mass is 10.2. The Hall–Kier alpha value is -3.79. The number of aromatic nitrogens is 4. The Kier molecular flexibility index (Phi) is 4.60. The molecule has 0 fully saturated rings. The van der Waals surface area contributed by atoms with Crippen molar-refractivity contribution in [2.75, 3.05) is 17.9 Å². The summed E-state index contributed by atoms with van der Waals surface area (Å²) in [7, 11) is 0. The van der Waals surface area contributed by atoms with E-state index in [1.54, 1.807) is 12.1 Å². The van der Waals surface area contributed by atoms with E-state index in [4.69, 9.17) is 9.47 Å². The zero-order chi connectivity index (χ0) is 20.5. The second-order valence-corrected chi connectivity index (χ2v) is 7.36. The van der Waals surface area contributed by atoms with Gasteiger partial charge in [-0.05, 0) is 30.3 Å². The van der Waals surface area contributed by atoms with E-state index >= 15 is 0 Å². The number of hydrogen-bond donors (Lipinski definition) is 2. The molecule has 0 saturated carbocycles. The van der Waals surface area contributed by atoms with Gasteiger partial charge >= 0.3 is 0 Å². The van der Waals surface area contributed by atoms with Crippen LogP contribution >= 0.6 is 11.8 Å². The number of nitrogens with one attached hydrogen (secondary N) is 2. The summed E-state index contributed by atoms with van der Waals surface area (Å²) >= 11 is 1.20. The molecule has 0 radical (unpaired) electrons. The molecule has 9 nitrogen and oxygen atoms in total. The normalized spacial score (nSPS) is 12.3. The number of carbonyl (C=O) groups excluding carboxylic acids is 1. The van der Waals surface area contributed by atoms with Crippen LogP contribution in [0.1, 0.15) is 0 Å². The van der Waals surface area contributed by atoms with Gasteiger partial charge in [-0.25, -0.2) is 14.5 Å². The molecule has 30 heavy (non-hydrogen) atoms. The van der Waals surface area contributed by atoms with Crippen molar-refractivity contribution in [1.29, 1.82) is 0 Å². The molecule has 0 atom stereocenters. The highest BCUT2D eigenvalue weighted by molar-refractivity contribution is 7.99. The van der Waals surface area contributed by atoms with Crippen LogP contribution in [-0.4, -0.2) is 38.0 Å². The van der Waals surface area contributed by atoms with Crippen LogP contribution in [0.3, 0.4) is 0 Å². The summed E-state index contributed by atoms with van der Waals surface area (Å²) in [5, 5.41) is 5.93. The van der Waals surface area contributed by atoms with Crippen LogP contribution in [0.5, 0.6) is 11.5 Å². The van der Waals surface area contributed by atoms with E-state index in [9.17, 15) is 9.59 Å². The molecule has 0 saturated heterocycles. The van der Waals surface area contributed by atoms with Crippen molar-refractivity contribution in [3.8, 4) is 22.9 Å². The number of nitrogens with zero attached hydrogens (tertiary/aromatic N) is 3. The Morgan fingerprint density at radius 1 is 1.10 bits per heavy atom. The first-order valence-corrected chi connectivity index (χ1v) is 10.0. The highest BCUT2D eigenvalue weighted by Gasteiger charge is 2.17. The van der Waals surface area contributed by atoms with Gasteiger partial charge in [0.15, 0.2) is 28.1 Å². The van der Waals surface area contributed by atoms with Crippen LogP contribution in [0.15, 0.2) is 64.5 Å². The number of anilines is 1. The first kappa shape index (κ1) is 18.3. The molecule has 0 bridgehead atoms. The van der Waals surface area contributed by atoms with E-state index < -0.39 is 0 Å². The van der Waals surface area contributed by atoms with Crippen LogP contribution < -0.4 is 20.3 Å². The lowest BCUT2D eigenvalue weighted by Gasteiger charge is -2.08. The van der Waals surface area contributed by atoms with Crippen LogP contribution in [0, 0.1) is 0 Å². The van der Waals surface area contributed by atoms with Gasteiger partial charge in [-0.2, -0.15) is 0 Å². The number of amides is 1. The van der Waals surface area contributed by atoms with Gasteiger partial charge in [0, 0.05) is 17.3 Å². The maximum atomic E-state index is 12.3. The second kappa shape index (κ2) is 7.56. The Balaban J connectivity index is 1.44. The average molecular weight is 421 g/mol. The van der Waals surface area contributed by atoms with Crippen molar-refractivity contribution in [3.05, 3.63) is 65.0 Å². The summed E-state index contributed by atoms with van der Waals surface area (Å²) in [6, 6.07) is 16.0. The van der Waals surface area contributed by atoms with Crippen molar-refractivity contribution in [2.24, 2.45) is 0 Å². The van der Waals surface area contributed by atoms with Crippen LogP contribution in [0.25, 0.3) is 17.0 Å². The first-order chi connectivity index (χ1) is 14.7. The fourth-order valence-corrected chi connectivity index (χ4v) is 3.75. The molecular formula is C20H15N5O4S. The third kappa shape index (κ3) is 3.60. The summed E-state index contributed by atoms with van der Waals surface area (Å²) in [6.45, 7) is 0.170. The molecule has 1 amide bonds. The Bertz CT molecular complexity index is 1300. The Morgan fingerprint density at radius 2 is 1.93 bits per heavy atom. The van der Waals surface area contributed by atoms with Gasteiger partial charge in [-0.3, -0.25) is 14.7 Å². The largest absolute Gasteiger partial charge is 0.454 e. The van der Waals surface area contributed by atoms with Gasteiger partial charge in [-0.15, -0.1) is 0 Å². The maximum Gasteiger partial charge on any atom is 0.266 e. The molecule has 0 aliphatic carbocycles. The average Bonchev–Trinajstić information content (AvgIpc) is 3.37. The van der Waals surface area contributed by atoms with Crippen molar-refractivity contribution < 1.29 is 14.3 Å². The topological polar surface area (TPSA) is 111 Å². The Morgan fingerprint density at radius 3 is 2.80 bits per heavy atom. The SMILES string of the molecule is O=C(CSc1nc(-c2ccc3c(c2)OCO3)nc2cc(=O)[nH]n12)Nc1ccccc1. The minimum absolute atomic E-state index is 0.113. The molecule has 2 aromatic carbocycles. The summed E-state index contributed by atoms with van der Waals surface area (Å²) in [6.07, 6.45) is 0. The lowest BCUT2D eigenvalue weighted by molar-refractivity contribution is -0.113. The third-order valence-electron chi connectivity index (χ3n) is 4.35. The summed E-state index contributed by atoms with van der Waals surface area (Å²) in [5.41, 5.74) is 1.54. The van der Waals surface area contributed by atoms with E-state index in [1.807, 2.05) is 36.4 Å². The molecule has 0 spiro atoms. The number of aromatic amines is 1. The zero-order valence-corrected chi connectivity index (χ0v) is 16.3. The second-order valence-electron chi connectivity index (χ2n) is 6.41. The van der Waals surface area contributed by atoms with Crippen molar-refractivity contribution in [1.82, 2.24) is 19.6 Å². The molecule has 1 aliphatic rings. The molecule has 2 aromatic heterocycles. The van der Waals surface area contributed by atoms with Gasteiger partial charge in [0.05, 0.1) is 5.75 Å². The first-order valence-electron chi connectivity index (χ1n) is 9.03. The number of thioether (sulfide) groups is 1. The molecule has 1 aliphatic heterocycles. The number of para-hydroxylation sites is 1. The van der Waals surface area contributed by atoms with E-state index in [0.717, 1.165) is 0 Å².